The summed E-state index contributed by atoms with van der Waals surface area (Å²) < 4.78 is 40.1. The van der Waals surface area contributed by atoms with E-state index >= 15 is 0 Å². The van der Waals surface area contributed by atoms with Gasteiger partial charge in [-0.05, 0) is 18.2 Å². The lowest BCUT2D eigenvalue weighted by atomic mass is 10.3. The van der Waals surface area contributed by atoms with Crippen molar-refractivity contribution in [1.82, 2.24) is 9.62 Å². The van der Waals surface area contributed by atoms with Crippen LogP contribution in [0.5, 0.6) is 0 Å². The van der Waals surface area contributed by atoms with Gasteiger partial charge >= 0.3 is 0 Å². The molecule has 2 rings (SSSR count). The second-order valence-electron chi connectivity index (χ2n) is 4.04. The van der Waals surface area contributed by atoms with E-state index in [1.54, 1.807) is 0 Å². The molecule has 1 atom stereocenters. The lowest BCUT2D eigenvalue weighted by Crippen LogP contribution is -2.52. The molecule has 0 bridgehead atoms. The van der Waals surface area contributed by atoms with Gasteiger partial charge < -0.3 is 5.32 Å². The fourth-order valence-corrected chi connectivity index (χ4v) is 3.81. The van der Waals surface area contributed by atoms with Crippen molar-refractivity contribution in [2.24, 2.45) is 0 Å². The van der Waals surface area contributed by atoms with Crippen LogP contribution >= 0.6 is 15.9 Å². The van der Waals surface area contributed by atoms with Gasteiger partial charge in [0, 0.05) is 24.1 Å². The maximum absolute atomic E-state index is 13.8. The Labute approximate surface area is 119 Å². The van der Waals surface area contributed by atoms with Crippen molar-refractivity contribution >= 4 is 26.0 Å². The largest absolute Gasteiger partial charge is 0.313 e. The van der Waals surface area contributed by atoms with E-state index in [0.29, 0.717) is 11.0 Å². The van der Waals surface area contributed by atoms with Crippen LogP contribution < -0.4 is 5.32 Å². The standard InChI is InChI=1S/C11H11BrFN3O2S/c12-8-1-2-11(10(13)5-8)19(17,18)16-4-3-15-7-9(16)6-14/h1-2,5,9,15H,3-4,7H2. The van der Waals surface area contributed by atoms with E-state index in [1.807, 2.05) is 6.07 Å². The van der Waals surface area contributed by atoms with Crippen LogP contribution in [0.3, 0.4) is 0 Å². The number of hydrogen-bond acceptors (Lipinski definition) is 4. The van der Waals surface area contributed by atoms with Crippen LogP contribution in [0.25, 0.3) is 0 Å². The highest BCUT2D eigenvalue weighted by Gasteiger charge is 2.35. The van der Waals surface area contributed by atoms with Crippen molar-refractivity contribution in [3.8, 4) is 6.07 Å². The van der Waals surface area contributed by atoms with Crippen LogP contribution in [0.1, 0.15) is 0 Å². The zero-order valence-corrected chi connectivity index (χ0v) is 12.2. The Balaban J connectivity index is 2.44. The van der Waals surface area contributed by atoms with Gasteiger partial charge in [0.15, 0.2) is 0 Å². The third kappa shape index (κ3) is 2.79. The Morgan fingerprint density at radius 2 is 2.26 bits per heavy atom. The van der Waals surface area contributed by atoms with Crippen LogP contribution in [0.4, 0.5) is 4.39 Å². The van der Waals surface area contributed by atoms with Crippen molar-refractivity contribution in [1.29, 1.82) is 5.26 Å². The lowest BCUT2D eigenvalue weighted by molar-refractivity contribution is 0.310. The van der Waals surface area contributed by atoms with Gasteiger partial charge in [-0.3, -0.25) is 0 Å². The number of nitrogens with one attached hydrogen (secondary N) is 1. The summed E-state index contributed by atoms with van der Waals surface area (Å²) in [5.41, 5.74) is 0. The normalized spacial score (nSPS) is 21.0. The van der Waals surface area contributed by atoms with Gasteiger partial charge in [0.1, 0.15) is 16.8 Å². The molecule has 5 nitrogen and oxygen atoms in total. The molecule has 19 heavy (non-hydrogen) atoms. The molecule has 0 spiro atoms. The zero-order chi connectivity index (χ0) is 14.0. The predicted molar refractivity (Wildman–Crippen MR) is 70.3 cm³/mol. The monoisotopic (exact) mass is 347 g/mol. The van der Waals surface area contributed by atoms with E-state index in [1.165, 1.54) is 12.1 Å². The van der Waals surface area contributed by atoms with Crippen LogP contribution in [0.15, 0.2) is 27.6 Å². The summed E-state index contributed by atoms with van der Waals surface area (Å²) in [5.74, 6) is -0.829. The molecule has 0 aromatic heterocycles. The first kappa shape index (κ1) is 14.4. The van der Waals surface area contributed by atoms with E-state index in [9.17, 15) is 12.8 Å². The molecule has 0 radical (unpaired) electrons. The minimum absolute atomic E-state index is 0.149. The van der Waals surface area contributed by atoms with E-state index in [-0.39, 0.29) is 13.1 Å². The topological polar surface area (TPSA) is 73.2 Å². The summed E-state index contributed by atoms with van der Waals surface area (Å²) in [5, 5.41) is 11.9. The molecule has 102 valence electrons. The number of nitriles is 1. The average Bonchev–Trinajstić information content (AvgIpc) is 2.38. The lowest BCUT2D eigenvalue weighted by Gasteiger charge is -2.30. The maximum Gasteiger partial charge on any atom is 0.247 e. The van der Waals surface area contributed by atoms with Crippen LogP contribution in [-0.2, 0) is 10.0 Å². The average molecular weight is 348 g/mol. The van der Waals surface area contributed by atoms with Crippen molar-refractivity contribution in [2.45, 2.75) is 10.9 Å². The van der Waals surface area contributed by atoms with Gasteiger partial charge in [-0.15, -0.1) is 0 Å². The summed E-state index contributed by atoms with van der Waals surface area (Å²) in [6.45, 7) is 0.833. The van der Waals surface area contributed by atoms with Crippen molar-refractivity contribution < 1.29 is 12.8 Å². The molecule has 1 unspecified atom stereocenters. The summed E-state index contributed by atoms with van der Waals surface area (Å²) in [6, 6.07) is 4.85. The number of sulfonamides is 1. The molecule has 1 aromatic carbocycles. The van der Waals surface area contributed by atoms with E-state index < -0.39 is 26.8 Å². The molecule has 1 saturated heterocycles. The minimum Gasteiger partial charge on any atom is -0.313 e. The molecular weight excluding hydrogens is 337 g/mol. The fourth-order valence-electron chi connectivity index (χ4n) is 1.89. The molecule has 1 aromatic rings. The molecule has 1 N–H and O–H groups in total. The first-order valence-corrected chi connectivity index (χ1v) is 7.77. The Bertz CT molecular complexity index is 629. The summed E-state index contributed by atoms with van der Waals surface area (Å²) in [7, 11) is -4.00. The third-order valence-corrected chi connectivity index (χ3v) is 5.26. The Hall–Kier alpha value is -1.01. The van der Waals surface area contributed by atoms with Gasteiger partial charge in [0.25, 0.3) is 0 Å². The number of rotatable bonds is 2. The van der Waals surface area contributed by atoms with Gasteiger partial charge in [-0.1, -0.05) is 15.9 Å². The van der Waals surface area contributed by atoms with Crippen molar-refractivity contribution in [3.63, 3.8) is 0 Å². The van der Waals surface area contributed by atoms with Crippen molar-refractivity contribution in [2.75, 3.05) is 19.6 Å². The number of hydrogen-bond donors (Lipinski definition) is 1. The highest BCUT2D eigenvalue weighted by Crippen LogP contribution is 2.24. The van der Waals surface area contributed by atoms with Crippen LogP contribution in [0.2, 0.25) is 0 Å². The van der Waals surface area contributed by atoms with E-state index in [2.05, 4.69) is 21.2 Å². The smallest absolute Gasteiger partial charge is 0.247 e. The molecule has 1 aliphatic heterocycles. The Morgan fingerprint density at radius 1 is 1.53 bits per heavy atom. The highest BCUT2D eigenvalue weighted by atomic mass is 79.9. The number of nitrogens with zero attached hydrogens (tertiary/aromatic N) is 2. The summed E-state index contributed by atoms with van der Waals surface area (Å²) >= 11 is 3.07. The Kier molecular flexibility index (Phi) is 4.20. The second-order valence-corrected chi connectivity index (χ2v) is 6.81. The maximum atomic E-state index is 13.8. The molecule has 8 heteroatoms. The molecule has 0 saturated carbocycles. The van der Waals surface area contributed by atoms with Crippen LogP contribution in [-0.4, -0.2) is 38.4 Å². The molecule has 0 amide bonds. The highest BCUT2D eigenvalue weighted by molar-refractivity contribution is 9.10. The number of benzene rings is 1. The molecule has 0 aliphatic carbocycles. The van der Waals surface area contributed by atoms with Gasteiger partial charge in [0.2, 0.25) is 10.0 Å². The Morgan fingerprint density at radius 3 is 2.89 bits per heavy atom. The quantitative estimate of drug-likeness (QED) is 0.868. The zero-order valence-electron chi connectivity index (χ0n) is 9.81. The molecular formula is C11H11BrFN3O2S. The number of halogens is 2. The van der Waals surface area contributed by atoms with Gasteiger partial charge in [-0.25, -0.2) is 12.8 Å². The number of piperazine rings is 1. The third-order valence-electron chi connectivity index (χ3n) is 2.82. The van der Waals surface area contributed by atoms with Crippen LogP contribution in [0, 0.1) is 17.1 Å². The van der Waals surface area contributed by atoms with Gasteiger partial charge in [-0.2, -0.15) is 9.57 Å². The molecule has 1 heterocycles. The first-order chi connectivity index (χ1) is 8.96. The minimum atomic E-state index is -4.00. The fraction of sp³-hybridized carbons (Fsp3) is 0.364. The first-order valence-electron chi connectivity index (χ1n) is 5.54. The molecule has 1 aliphatic rings. The second kappa shape index (κ2) is 5.54. The van der Waals surface area contributed by atoms with Gasteiger partial charge in [0.05, 0.1) is 6.07 Å². The van der Waals surface area contributed by atoms with E-state index in [4.69, 9.17) is 5.26 Å². The van der Waals surface area contributed by atoms with E-state index in [0.717, 1.165) is 10.4 Å². The summed E-state index contributed by atoms with van der Waals surface area (Å²) in [6.07, 6.45) is 0. The van der Waals surface area contributed by atoms with Crippen molar-refractivity contribution in [3.05, 3.63) is 28.5 Å². The summed E-state index contributed by atoms with van der Waals surface area (Å²) in [4.78, 5) is -0.405. The SMILES string of the molecule is N#CC1CNCCN1S(=O)(=O)c1ccc(Br)cc1F. The molecule has 1 fully saturated rings. The predicted octanol–water partition coefficient (Wildman–Crippen LogP) is 1.07.